The van der Waals surface area contributed by atoms with Crippen molar-refractivity contribution in [1.82, 2.24) is 15.2 Å². The first-order valence-corrected chi connectivity index (χ1v) is 9.10. The minimum atomic E-state index is -1.26. The summed E-state index contributed by atoms with van der Waals surface area (Å²) in [6, 6.07) is 15.4. The first-order chi connectivity index (χ1) is 14.9. The Labute approximate surface area is 174 Å². The Balaban J connectivity index is 1.63. The zero-order valence-corrected chi connectivity index (χ0v) is 15.9. The molecule has 3 aromatic carbocycles. The standard InChI is InChI=1S/C22H15F3N4O2/c23-16-10-18(25)17(24)9-14(16)11-31-19-7-2-1-6-15(19)12-4-3-5-13(8-12)21-27-22(20(26)30)29-28-21/h1-10H,11H2,(H2,26,30)(H,27,28,29). The number of nitrogens with two attached hydrogens (primary N) is 1. The van der Waals surface area contributed by atoms with Crippen LogP contribution in [-0.4, -0.2) is 21.1 Å². The molecule has 0 aliphatic carbocycles. The molecule has 1 aromatic heterocycles. The summed E-state index contributed by atoms with van der Waals surface area (Å²) in [5.41, 5.74) is 7.13. The van der Waals surface area contributed by atoms with Crippen molar-refractivity contribution in [3.05, 3.63) is 89.5 Å². The van der Waals surface area contributed by atoms with E-state index in [1.54, 1.807) is 42.5 Å². The molecule has 0 radical (unpaired) electrons. The molecule has 0 aliphatic heterocycles. The number of aromatic nitrogens is 3. The molecule has 0 unspecified atom stereocenters. The Kier molecular flexibility index (Phi) is 5.40. The maximum absolute atomic E-state index is 13.9. The number of hydrogen-bond acceptors (Lipinski definition) is 4. The third-order valence-electron chi connectivity index (χ3n) is 4.51. The summed E-state index contributed by atoms with van der Waals surface area (Å²) in [6.45, 7) is -0.289. The van der Waals surface area contributed by atoms with Crippen LogP contribution >= 0.6 is 0 Å². The van der Waals surface area contributed by atoms with Gasteiger partial charge >= 0.3 is 0 Å². The SMILES string of the molecule is NC(=O)c1nc(-c2cccc(-c3ccccc3OCc3cc(F)c(F)cc3F)c2)n[nH]1. The van der Waals surface area contributed by atoms with E-state index >= 15 is 0 Å². The third-order valence-corrected chi connectivity index (χ3v) is 4.51. The van der Waals surface area contributed by atoms with Gasteiger partial charge in [-0.2, -0.15) is 5.10 Å². The lowest BCUT2D eigenvalue weighted by atomic mass is 10.0. The van der Waals surface area contributed by atoms with E-state index in [1.165, 1.54) is 0 Å². The topological polar surface area (TPSA) is 93.9 Å². The second kappa shape index (κ2) is 8.31. The van der Waals surface area contributed by atoms with Gasteiger partial charge in [0.25, 0.3) is 5.91 Å². The smallest absolute Gasteiger partial charge is 0.286 e. The van der Waals surface area contributed by atoms with Gasteiger partial charge in [-0.15, -0.1) is 0 Å². The molecular formula is C22H15F3N4O2. The number of ether oxygens (including phenoxy) is 1. The van der Waals surface area contributed by atoms with E-state index in [9.17, 15) is 18.0 Å². The molecule has 6 nitrogen and oxygen atoms in total. The average molecular weight is 424 g/mol. The Hall–Kier alpha value is -4.14. The molecule has 1 amide bonds. The number of carbonyl (C=O) groups excluding carboxylic acids is 1. The summed E-state index contributed by atoms with van der Waals surface area (Å²) in [5.74, 6) is -3.38. The van der Waals surface area contributed by atoms with Crippen LogP contribution in [0.3, 0.4) is 0 Å². The van der Waals surface area contributed by atoms with E-state index < -0.39 is 23.4 Å². The van der Waals surface area contributed by atoms with Crippen LogP contribution in [0.2, 0.25) is 0 Å². The summed E-state index contributed by atoms with van der Waals surface area (Å²) in [6.07, 6.45) is 0. The lowest BCUT2D eigenvalue weighted by Crippen LogP contribution is -2.12. The van der Waals surface area contributed by atoms with Crippen LogP contribution in [-0.2, 0) is 6.61 Å². The average Bonchev–Trinajstić information content (AvgIpc) is 3.26. The van der Waals surface area contributed by atoms with Crippen LogP contribution < -0.4 is 10.5 Å². The van der Waals surface area contributed by atoms with Crippen molar-refractivity contribution < 1.29 is 22.7 Å². The van der Waals surface area contributed by atoms with Crippen molar-refractivity contribution in [1.29, 1.82) is 0 Å². The second-order valence-corrected chi connectivity index (χ2v) is 6.60. The first kappa shape index (κ1) is 20.1. The Morgan fingerprint density at radius 1 is 0.935 bits per heavy atom. The Morgan fingerprint density at radius 2 is 1.68 bits per heavy atom. The van der Waals surface area contributed by atoms with Gasteiger partial charge in [0.2, 0.25) is 5.82 Å². The molecule has 0 spiro atoms. The summed E-state index contributed by atoms with van der Waals surface area (Å²) in [5, 5.41) is 6.46. The number of nitrogens with zero attached hydrogens (tertiary/aromatic N) is 2. The second-order valence-electron chi connectivity index (χ2n) is 6.60. The number of carbonyl (C=O) groups is 1. The van der Waals surface area contributed by atoms with Crippen molar-refractivity contribution in [2.24, 2.45) is 5.73 Å². The molecule has 4 aromatic rings. The number of nitrogens with one attached hydrogen (secondary N) is 1. The number of primary amides is 1. The highest BCUT2D eigenvalue weighted by molar-refractivity contribution is 5.89. The highest BCUT2D eigenvalue weighted by Crippen LogP contribution is 2.32. The Bertz CT molecular complexity index is 1270. The van der Waals surface area contributed by atoms with E-state index in [0.29, 0.717) is 22.9 Å². The fraction of sp³-hybridized carbons (Fsp3) is 0.0455. The Morgan fingerprint density at radius 3 is 2.45 bits per heavy atom. The monoisotopic (exact) mass is 424 g/mol. The molecule has 9 heteroatoms. The number of H-pyrrole nitrogens is 1. The molecule has 0 saturated heterocycles. The largest absolute Gasteiger partial charge is 0.488 e. The zero-order chi connectivity index (χ0) is 22.0. The van der Waals surface area contributed by atoms with Crippen molar-refractivity contribution in [2.75, 3.05) is 0 Å². The minimum Gasteiger partial charge on any atom is -0.488 e. The van der Waals surface area contributed by atoms with Crippen molar-refractivity contribution in [3.8, 4) is 28.3 Å². The minimum absolute atomic E-state index is 0.0577. The quantitative estimate of drug-likeness (QED) is 0.453. The van der Waals surface area contributed by atoms with Gasteiger partial charge in [-0.3, -0.25) is 9.89 Å². The maximum atomic E-state index is 13.9. The fourth-order valence-corrected chi connectivity index (χ4v) is 2.99. The molecule has 0 bridgehead atoms. The van der Waals surface area contributed by atoms with Crippen LogP contribution in [0.25, 0.3) is 22.5 Å². The summed E-state index contributed by atoms with van der Waals surface area (Å²) >= 11 is 0. The van der Waals surface area contributed by atoms with Gasteiger partial charge in [0.1, 0.15) is 18.2 Å². The van der Waals surface area contributed by atoms with E-state index in [-0.39, 0.29) is 23.8 Å². The predicted molar refractivity (Wildman–Crippen MR) is 106 cm³/mol. The number of aromatic amines is 1. The van der Waals surface area contributed by atoms with Gasteiger partial charge < -0.3 is 10.5 Å². The van der Waals surface area contributed by atoms with Crippen LogP contribution in [0, 0.1) is 17.5 Å². The third kappa shape index (κ3) is 4.25. The van der Waals surface area contributed by atoms with Gasteiger partial charge in [-0.25, -0.2) is 18.2 Å². The molecule has 4 rings (SSSR count). The van der Waals surface area contributed by atoms with E-state index in [1.807, 2.05) is 6.07 Å². The molecule has 1 heterocycles. The normalized spacial score (nSPS) is 10.8. The van der Waals surface area contributed by atoms with Gasteiger partial charge in [-0.1, -0.05) is 36.4 Å². The number of para-hydroxylation sites is 1. The zero-order valence-electron chi connectivity index (χ0n) is 15.9. The molecule has 31 heavy (non-hydrogen) atoms. The summed E-state index contributed by atoms with van der Waals surface area (Å²) in [4.78, 5) is 15.3. The van der Waals surface area contributed by atoms with Crippen molar-refractivity contribution in [2.45, 2.75) is 6.61 Å². The summed E-state index contributed by atoms with van der Waals surface area (Å²) < 4.78 is 46.2. The number of rotatable bonds is 6. The highest BCUT2D eigenvalue weighted by Gasteiger charge is 2.14. The number of amides is 1. The first-order valence-electron chi connectivity index (χ1n) is 9.10. The maximum Gasteiger partial charge on any atom is 0.286 e. The van der Waals surface area contributed by atoms with Gasteiger partial charge in [0, 0.05) is 22.8 Å². The molecule has 0 fully saturated rings. The van der Waals surface area contributed by atoms with Gasteiger partial charge in [-0.05, 0) is 23.8 Å². The highest BCUT2D eigenvalue weighted by atomic mass is 19.2. The van der Waals surface area contributed by atoms with E-state index in [2.05, 4.69) is 15.2 Å². The van der Waals surface area contributed by atoms with Crippen LogP contribution in [0.15, 0.2) is 60.7 Å². The van der Waals surface area contributed by atoms with Crippen LogP contribution in [0.1, 0.15) is 16.2 Å². The number of benzene rings is 3. The van der Waals surface area contributed by atoms with Crippen molar-refractivity contribution >= 4 is 5.91 Å². The molecule has 156 valence electrons. The molecule has 0 aliphatic rings. The van der Waals surface area contributed by atoms with E-state index in [0.717, 1.165) is 11.6 Å². The van der Waals surface area contributed by atoms with E-state index in [4.69, 9.17) is 10.5 Å². The summed E-state index contributed by atoms with van der Waals surface area (Å²) in [7, 11) is 0. The fourth-order valence-electron chi connectivity index (χ4n) is 2.99. The van der Waals surface area contributed by atoms with Crippen LogP contribution in [0.5, 0.6) is 5.75 Å². The molecule has 3 N–H and O–H groups in total. The van der Waals surface area contributed by atoms with Crippen molar-refractivity contribution in [3.63, 3.8) is 0 Å². The van der Waals surface area contributed by atoms with Gasteiger partial charge in [0.15, 0.2) is 17.5 Å². The molecule has 0 saturated carbocycles. The van der Waals surface area contributed by atoms with Crippen LogP contribution in [0.4, 0.5) is 13.2 Å². The predicted octanol–water partition coefficient (Wildman–Crippen LogP) is 4.23. The van der Waals surface area contributed by atoms with Gasteiger partial charge in [0.05, 0.1) is 0 Å². The molecule has 0 atom stereocenters. The lowest BCUT2D eigenvalue weighted by Gasteiger charge is -2.13. The lowest BCUT2D eigenvalue weighted by molar-refractivity contribution is 0.0991. The molecular weight excluding hydrogens is 409 g/mol. The number of halogens is 3. The number of hydrogen-bond donors (Lipinski definition) is 2.